The molecule has 1 saturated heterocycles. The van der Waals surface area contributed by atoms with Crippen LogP contribution in [0.3, 0.4) is 0 Å². The molecule has 1 aromatic rings. The number of rotatable bonds is 4. The molecule has 1 amide bonds. The highest BCUT2D eigenvalue weighted by molar-refractivity contribution is 5.94. The van der Waals surface area contributed by atoms with Crippen LogP contribution in [0.5, 0.6) is 0 Å². The van der Waals surface area contributed by atoms with Crippen molar-refractivity contribution >= 4 is 18.3 Å². The molecule has 106 valence electrons. The van der Waals surface area contributed by atoms with E-state index in [-0.39, 0.29) is 18.0 Å². The van der Waals surface area contributed by atoms with Crippen molar-refractivity contribution in [1.29, 1.82) is 0 Å². The Bertz CT molecular complexity index is 437. The van der Waals surface area contributed by atoms with Gasteiger partial charge in [-0.05, 0) is 37.9 Å². The molecule has 1 fully saturated rings. The monoisotopic (exact) mass is 290 g/mol. The number of nitrogens with one attached hydrogen (secondary N) is 2. The summed E-state index contributed by atoms with van der Waals surface area (Å²) in [7, 11) is 0. The Kier molecular flexibility index (Phi) is 6.18. The largest absolute Gasteiger partial charge is 0.352 e. The molecule has 0 aromatic heterocycles. The van der Waals surface area contributed by atoms with E-state index in [1.54, 1.807) is 0 Å². The number of hydrogen-bond acceptors (Lipinski definition) is 2. The Hall–Kier alpha value is -1.20. The lowest BCUT2D eigenvalue weighted by molar-refractivity contribution is 0.0947. The number of amides is 1. The maximum atomic E-state index is 13.3. The van der Waals surface area contributed by atoms with Gasteiger partial charge in [0.25, 0.3) is 5.91 Å². The first-order valence-corrected chi connectivity index (χ1v) is 6.14. The SMILES string of the molecule is Cl.O=C(NCC[C@H]1CCCN1)c1cccc(F)c1F. The van der Waals surface area contributed by atoms with Gasteiger partial charge in [0, 0.05) is 12.6 Å². The summed E-state index contributed by atoms with van der Waals surface area (Å²) in [6, 6.07) is 4.02. The van der Waals surface area contributed by atoms with Crippen LogP contribution in [-0.2, 0) is 0 Å². The zero-order chi connectivity index (χ0) is 13.0. The predicted molar refractivity (Wildman–Crippen MR) is 71.6 cm³/mol. The average Bonchev–Trinajstić information content (AvgIpc) is 2.85. The summed E-state index contributed by atoms with van der Waals surface area (Å²) >= 11 is 0. The van der Waals surface area contributed by atoms with Crippen molar-refractivity contribution in [2.75, 3.05) is 13.1 Å². The zero-order valence-electron chi connectivity index (χ0n) is 10.4. The number of carbonyl (C=O) groups excluding carboxylic acids is 1. The fraction of sp³-hybridized carbons (Fsp3) is 0.462. The van der Waals surface area contributed by atoms with Crippen LogP contribution >= 0.6 is 12.4 Å². The van der Waals surface area contributed by atoms with E-state index in [1.807, 2.05) is 0 Å². The van der Waals surface area contributed by atoms with E-state index in [1.165, 1.54) is 12.1 Å². The molecule has 1 atom stereocenters. The number of benzene rings is 1. The molecule has 19 heavy (non-hydrogen) atoms. The van der Waals surface area contributed by atoms with E-state index in [0.717, 1.165) is 31.9 Å². The molecule has 6 heteroatoms. The Morgan fingerprint density at radius 1 is 1.42 bits per heavy atom. The van der Waals surface area contributed by atoms with Gasteiger partial charge < -0.3 is 10.6 Å². The van der Waals surface area contributed by atoms with Gasteiger partial charge in [-0.1, -0.05) is 6.07 Å². The minimum absolute atomic E-state index is 0. The molecule has 1 aliphatic heterocycles. The molecule has 0 saturated carbocycles. The Balaban J connectivity index is 0.00000180. The summed E-state index contributed by atoms with van der Waals surface area (Å²) in [5.41, 5.74) is -0.241. The van der Waals surface area contributed by atoms with Gasteiger partial charge in [0.05, 0.1) is 5.56 Å². The van der Waals surface area contributed by atoms with Gasteiger partial charge in [0.15, 0.2) is 11.6 Å². The normalized spacial score (nSPS) is 17.9. The van der Waals surface area contributed by atoms with Crippen LogP contribution in [0.1, 0.15) is 29.6 Å². The molecule has 1 aliphatic rings. The first-order chi connectivity index (χ1) is 8.68. The first kappa shape index (κ1) is 15.9. The fourth-order valence-corrected chi connectivity index (χ4v) is 2.14. The summed E-state index contributed by atoms with van der Waals surface area (Å²) in [6.45, 7) is 1.48. The molecule has 2 rings (SSSR count). The van der Waals surface area contributed by atoms with Crippen molar-refractivity contribution in [3.63, 3.8) is 0 Å². The second-order valence-electron chi connectivity index (χ2n) is 4.44. The summed E-state index contributed by atoms with van der Waals surface area (Å²) < 4.78 is 26.3. The third-order valence-electron chi connectivity index (χ3n) is 3.14. The minimum Gasteiger partial charge on any atom is -0.352 e. The van der Waals surface area contributed by atoms with E-state index in [9.17, 15) is 13.6 Å². The number of hydrogen-bond donors (Lipinski definition) is 2. The molecule has 0 radical (unpaired) electrons. The third-order valence-corrected chi connectivity index (χ3v) is 3.14. The van der Waals surface area contributed by atoms with Crippen molar-refractivity contribution in [2.24, 2.45) is 0 Å². The van der Waals surface area contributed by atoms with Crippen LogP contribution in [0.4, 0.5) is 8.78 Å². The highest BCUT2D eigenvalue weighted by Gasteiger charge is 2.16. The molecule has 1 aromatic carbocycles. The van der Waals surface area contributed by atoms with Crippen molar-refractivity contribution < 1.29 is 13.6 Å². The van der Waals surface area contributed by atoms with E-state index in [0.29, 0.717) is 12.6 Å². The van der Waals surface area contributed by atoms with Gasteiger partial charge in [-0.15, -0.1) is 12.4 Å². The third kappa shape index (κ3) is 4.14. The predicted octanol–water partition coefficient (Wildman–Crippen LogP) is 2.26. The van der Waals surface area contributed by atoms with Crippen molar-refractivity contribution in [1.82, 2.24) is 10.6 Å². The molecule has 0 unspecified atom stereocenters. The highest BCUT2D eigenvalue weighted by Crippen LogP contribution is 2.11. The second-order valence-corrected chi connectivity index (χ2v) is 4.44. The summed E-state index contributed by atoms with van der Waals surface area (Å²) in [6.07, 6.45) is 3.06. The van der Waals surface area contributed by atoms with Gasteiger partial charge in [-0.2, -0.15) is 0 Å². The first-order valence-electron chi connectivity index (χ1n) is 6.14. The number of carbonyl (C=O) groups is 1. The second kappa shape index (κ2) is 7.40. The van der Waals surface area contributed by atoms with Gasteiger partial charge in [0.1, 0.15) is 0 Å². The Morgan fingerprint density at radius 3 is 2.89 bits per heavy atom. The molecule has 0 bridgehead atoms. The van der Waals surface area contributed by atoms with E-state index >= 15 is 0 Å². The summed E-state index contributed by atoms with van der Waals surface area (Å²) in [4.78, 5) is 11.7. The summed E-state index contributed by atoms with van der Waals surface area (Å²) in [5.74, 6) is -2.65. The smallest absolute Gasteiger partial charge is 0.254 e. The zero-order valence-corrected chi connectivity index (χ0v) is 11.2. The van der Waals surface area contributed by atoms with Crippen molar-refractivity contribution in [3.8, 4) is 0 Å². The van der Waals surface area contributed by atoms with Crippen LogP contribution in [0.25, 0.3) is 0 Å². The topological polar surface area (TPSA) is 41.1 Å². The van der Waals surface area contributed by atoms with Crippen molar-refractivity contribution in [2.45, 2.75) is 25.3 Å². The average molecular weight is 291 g/mol. The Labute approximate surface area is 117 Å². The van der Waals surface area contributed by atoms with Crippen LogP contribution < -0.4 is 10.6 Å². The Morgan fingerprint density at radius 2 is 2.21 bits per heavy atom. The molecule has 3 nitrogen and oxygen atoms in total. The van der Waals surface area contributed by atoms with Gasteiger partial charge in [-0.3, -0.25) is 4.79 Å². The van der Waals surface area contributed by atoms with Gasteiger partial charge in [0.2, 0.25) is 0 Å². The lowest BCUT2D eigenvalue weighted by Gasteiger charge is -2.11. The standard InChI is InChI=1S/C13H16F2N2O.ClH/c14-11-5-1-4-10(12(11)15)13(18)17-8-6-9-3-2-7-16-9;/h1,4-5,9,16H,2-3,6-8H2,(H,17,18);1H/t9-;/m1./s1. The molecular weight excluding hydrogens is 274 g/mol. The van der Waals surface area contributed by atoms with Crippen molar-refractivity contribution in [3.05, 3.63) is 35.4 Å². The quantitative estimate of drug-likeness (QED) is 0.893. The molecule has 0 spiro atoms. The van der Waals surface area contributed by atoms with Crippen LogP contribution in [-0.4, -0.2) is 25.0 Å². The lowest BCUT2D eigenvalue weighted by atomic mass is 10.1. The molecule has 1 heterocycles. The summed E-state index contributed by atoms with van der Waals surface area (Å²) in [5, 5.41) is 5.91. The maximum absolute atomic E-state index is 13.3. The highest BCUT2D eigenvalue weighted by atomic mass is 35.5. The fourth-order valence-electron chi connectivity index (χ4n) is 2.14. The maximum Gasteiger partial charge on any atom is 0.254 e. The van der Waals surface area contributed by atoms with Crippen LogP contribution in [0.2, 0.25) is 0 Å². The van der Waals surface area contributed by atoms with Gasteiger partial charge in [-0.25, -0.2) is 8.78 Å². The van der Waals surface area contributed by atoms with Gasteiger partial charge >= 0.3 is 0 Å². The molecular formula is C13H17ClF2N2O. The molecule has 0 aliphatic carbocycles. The lowest BCUT2D eigenvalue weighted by Crippen LogP contribution is -2.31. The number of halogens is 3. The van der Waals surface area contributed by atoms with E-state index in [2.05, 4.69) is 10.6 Å². The van der Waals surface area contributed by atoms with Crippen LogP contribution in [0, 0.1) is 11.6 Å². The van der Waals surface area contributed by atoms with E-state index < -0.39 is 17.5 Å². The van der Waals surface area contributed by atoms with E-state index in [4.69, 9.17) is 0 Å². The minimum atomic E-state index is -1.09. The van der Waals surface area contributed by atoms with Crippen LogP contribution in [0.15, 0.2) is 18.2 Å². The molecule has 2 N–H and O–H groups in total.